The van der Waals surface area contributed by atoms with E-state index in [1.165, 1.54) is 17.4 Å². The third-order valence-electron chi connectivity index (χ3n) is 5.00. The second-order valence-electron chi connectivity index (χ2n) is 7.00. The molecule has 0 fully saturated rings. The van der Waals surface area contributed by atoms with E-state index in [1.807, 2.05) is 42.6 Å². The van der Waals surface area contributed by atoms with E-state index in [0.29, 0.717) is 6.42 Å². The molecule has 0 saturated heterocycles. The van der Waals surface area contributed by atoms with E-state index < -0.39 is 11.8 Å². The van der Waals surface area contributed by atoms with Crippen LogP contribution in [-0.4, -0.2) is 11.8 Å². The first-order valence-corrected chi connectivity index (χ1v) is 9.85. The summed E-state index contributed by atoms with van der Waals surface area (Å²) >= 11 is 1.49. The fourth-order valence-electron chi connectivity index (χ4n) is 3.68. The van der Waals surface area contributed by atoms with Crippen molar-refractivity contribution in [2.75, 3.05) is 4.90 Å². The number of carbonyl (C=O) groups excluding carboxylic acids is 2. The van der Waals surface area contributed by atoms with Gasteiger partial charge in [-0.1, -0.05) is 29.8 Å². The molecule has 0 saturated carbocycles. The van der Waals surface area contributed by atoms with Crippen LogP contribution >= 0.6 is 11.3 Å². The quantitative estimate of drug-likeness (QED) is 0.646. The second-order valence-corrected chi connectivity index (χ2v) is 7.94. The molecule has 4 nitrogen and oxygen atoms in total. The van der Waals surface area contributed by atoms with E-state index >= 15 is 0 Å². The zero-order valence-electron chi connectivity index (χ0n) is 15.3. The van der Waals surface area contributed by atoms with Crippen LogP contribution in [0.4, 0.5) is 14.9 Å². The van der Waals surface area contributed by atoms with Gasteiger partial charge in [0.15, 0.2) is 5.78 Å². The monoisotopic (exact) mass is 394 g/mol. The number of nitrogens with zero attached hydrogens (tertiary/aromatic N) is 1. The number of para-hydroxylation sites is 1. The zero-order valence-corrected chi connectivity index (χ0v) is 16.1. The number of rotatable bonds is 4. The van der Waals surface area contributed by atoms with Crippen molar-refractivity contribution in [2.45, 2.75) is 25.8 Å². The van der Waals surface area contributed by atoms with E-state index in [9.17, 15) is 14.0 Å². The first kappa shape index (κ1) is 18.4. The molecule has 2 N–H and O–H groups in total. The van der Waals surface area contributed by atoms with Gasteiger partial charge in [0.2, 0.25) is 0 Å². The maximum Gasteiger partial charge on any atom is 0.319 e. The molecule has 0 radical (unpaired) electrons. The molecule has 3 aromatic rings. The van der Waals surface area contributed by atoms with Crippen molar-refractivity contribution in [3.63, 3.8) is 0 Å². The van der Waals surface area contributed by atoms with E-state index in [0.717, 1.165) is 27.3 Å². The van der Waals surface area contributed by atoms with Crippen molar-refractivity contribution in [3.8, 4) is 0 Å². The fraction of sp³-hybridized carbons (Fsp3) is 0.182. The number of hydrogen-bond donors (Lipinski definition) is 1. The molecule has 2 aromatic carbocycles. The first-order chi connectivity index (χ1) is 13.4. The van der Waals surface area contributed by atoms with Gasteiger partial charge in [0.25, 0.3) is 0 Å². The van der Waals surface area contributed by atoms with E-state index in [2.05, 4.69) is 0 Å². The maximum atomic E-state index is 14.0. The van der Waals surface area contributed by atoms with Crippen molar-refractivity contribution in [2.24, 2.45) is 5.73 Å². The SMILES string of the molecule is Cc1ccc(F)c(C(=O)Cc2csc(C3Cc4ccccc4N3C(N)=O)c2)c1. The number of aryl methyl sites for hydroxylation is 1. The molecular weight excluding hydrogens is 375 g/mol. The molecule has 2 heterocycles. The third kappa shape index (κ3) is 3.31. The molecular formula is C22H19FN2O2S. The lowest BCUT2D eigenvalue weighted by Gasteiger charge is -2.22. The first-order valence-electron chi connectivity index (χ1n) is 8.97. The van der Waals surface area contributed by atoms with Gasteiger partial charge in [0.1, 0.15) is 5.82 Å². The fourth-order valence-corrected chi connectivity index (χ4v) is 4.69. The highest BCUT2D eigenvalue weighted by atomic mass is 32.1. The number of anilines is 1. The molecule has 6 heteroatoms. The summed E-state index contributed by atoms with van der Waals surface area (Å²) in [7, 11) is 0. The number of ketones is 1. The van der Waals surface area contributed by atoms with Crippen molar-refractivity contribution in [1.29, 1.82) is 0 Å². The Labute approximate surface area is 166 Å². The molecule has 1 atom stereocenters. The Morgan fingerprint density at radius 2 is 2.00 bits per heavy atom. The Morgan fingerprint density at radius 1 is 1.21 bits per heavy atom. The number of nitrogens with two attached hydrogens (primary N) is 1. The topological polar surface area (TPSA) is 63.4 Å². The van der Waals surface area contributed by atoms with Gasteiger partial charge in [-0.2, -0.15) is 0 Å². The van der Waals surface area contributed by atoms with Crippen molar-refractivity contribution >= 4 is 28.8 Å². The van der Waals surface area contributed by atoms with Crippen molar-refractivity contribution in [3.05, 3.63) is 86.9 Å². The smallest absolute Gasteiger partial charge is 0.319 e. The summed E-state index contributed by atoms with van der Waals surface area (Å²) in [6.45, 7) is 1.83. The Kier molecular flexibility index (Phi) is 4.73. The third-order valence-corrected chi connectivity index (χ3v) is 6.09. The molecule has 28 heavy (non-hydrogen) atoms. The zero-order chi connectivity index (χ0) is 19.8. The minimum atomic E-state index is -0.503. The standard InChI is InChI=1S/C22H19FN2O2S/c1-13-6-7-17(23)16(8-13)20(26)9-14-10-21(28-12-14)19-11-15-4-2-3-5-18(15)25(19)22(24)27/h2-8,10,12,19H,9,11H2,1H3,(H2,24,27). The number of carbonyl (C=O) groups is 2. The van der Waals surface area contributed by atoms with Crippen LogP contribution in [0, 0.1) is 12.7 Å². The van der Waals surface area contributed by atoms with Gasteiger partial charge in [-0.15, -0.1) is 11.3 Å². The summed E-state index contributed by atoms with van der Waals surface area (Å²) in [5.74, 6) is -0.760. The number of hydrogen-bond acceptors (Lipinski definition) is 3. The number of fused-ring (bicyclic) bond motifs is 1. The lowest BCUT2D eigenvalue weighted by atomic mass is 10.0. The minimum absolute atomic E-state index is 0.111. The lowest BCUT2D eigenvalue weighted by Crippen LogP contribution is -2.36. The summed E-state index contributed by atoms with van der Waals surface area (Å²) in [4.78, 5) is 27.2. The summed E-state index contributed by atoms with van der Waals surface area (Å²) in [6, 6.07) is 13.5. The van der Waals surface area contributed by atoms with E-state index in [-0.39, 0.29) is 23.8 Å². The van der Waals surface area contributed by atoms with Gasteiger partial charge in [0, 0.05) is 23.4 Å². The van der Waals surface area contributed by atoms with E-state index in [4.69, 9.17) is 5.73 Å². The summed E-state index contributed by atoms with van der Waals surface area (Å²) < 4.78 is 14.0. The van der Waals surface area contributed by atoms with Crippen LogP contribution in [0.3, 0.4) is 0 Å². The average Bonchev–Trinajstić information content (AvgIpc) is 3.27. The van der Waals surface area contributed by atoms with Crippen molar-refractivity contribution < 1.29 is 14.0 Å². The predicted molar refractivity (Wildman–Crippen MR) is 108 cm³/mol. The van der Waals surface area contributed by atoms with Crippen molar-refractivity contribution in [1.82, 2.24) is 0 Å². The van der Waals surface area contributed by atoms with Crippen LogP contribution in [0.25, 0.3) is 0 Å². The van der Waals surface area contributed by atoms with Crippen LogP contribution in [0.5, 0.6) is 0 Å². The largest absolute Gasteiger partial charge is 0.351 e. The Hall–Kier alpha value is -2.99. The van der Waals surface area contributed by atoms with Gasteiger partial charge in [-0.05, 0) is 47.7 Å². The molecule has 0 aliphatic carbocycles. The molecule has 0 bridgehead atoms. The number of amides is 2. The maximum absolute atomic E-state index is 14.0. The number of thiophene rings is 1. The summed E-state index contributed by atoms with van der Waals surface area (Å²) in [5, 5.41) is 1.89. The molecule has 4 rings (SSSR count). The number of halogens is 1. The van der Waals surface area contributed by atoms with Crippen LogP contribution < -0.4 is 10.6 Å². The molecule has 142 valence electrons. The predicted octanol–water partition coefficient (Wildman–Crippen LogP) is 4.80. The van der Waals surface area contributed by atoms with Crippen LogP contribution in [0.15, 0.2) is 53.9 Å². The average molecular weight is 394 g/mol. The van der Waals surface area contributed by atoms with Gasteiger partial charge in [-0.3, -0.25) is 9.69 Å². The lowest BCUT2D eigenvalue weighted by molar-refractivity contribution is 0.0989. The summed E-state index contributed by atoms with van der Waals surface area (Å²) in [5.41, 5.74) is 9.29. The number of benzene rings is 2. The highest BCUT2D eigenvalue weighted by Crippen LogP contribution is 2.42. The van der Waals surface area contributed by atoms with Crippen LogP contribution in [0.1, 0.15) is 38.0 Å². The molecule has 0 spiro atoms. The number of Topliss-reactive ketones (excluding diaryl/α,β-unsaturated/α-hetero) is 1. The number of urea groups is 1. The molecule has 1 aromatic heterocycles. The Balaban J connectivity index is 1.57. The number of primary amides is 1. The molecule has 1 aliphatic rings. The highest BCUT2D eigenvalue weighted by Gasteiger charge is 2.34. The molecule has 2 amide bonds. The normalized spacial score (nSPS) is 15.5. The minimum Gasteiger partial charge on any atom is -0.351 e. The Bertz CT molecular complexity index is 1080. The van der Waals surface area contributed by atoms with Gasteiger partial charge >= 0.3 is 6.03 Å². The van der Waals surface area contributed by atoms with E-state index in [1.54, 1.807) is 17.0 Å². The second kappa shape index (κ2) is 7.20. The van der Waals surface area contributed by atoms with Gasteiger partial charge < -0.3 is 5.73 Å². The highest BCUT2D eigenvalue weighted by molar-refractivity contribution is 7.10. The Morgan fingerprint density at radius 3 is 2.79 bits per heavy atom. The molecule has 1 aliphatic heterocycles. The molecule has 1 unspecified atom stereocenters. The van der Waals surface area contributed by atoms with Gasteiger partial charge in [0.05, 0.1) is 11.6 Å². The van der Waals surface area contributed by atoms with Gasteiger partial charge in [-0.25, -0.2) is 9.18 Å². The summed E-state index contributed by atoms with van der Waals surface area (Å²) in [6.07, 6.45) is 0.798. The van der Waals surface area contributed by atoms with Crippen LogP contribution in [0.2, 0.25) is 0 Å². The van der Waals surface area contributed by atoms with Crippen LogP contribution in [-0.2, 0) is 12.8 Å².